The first-order valence-electron chi connectivity index (χ1n) is 6.87. The number of aromatic nitrogens is 4. The third-order valence-corrected chi connectivity index (χ3v) is 2.98. The number of hydrogen-bond acceptors (Lipinski definition) is 4. The molecule has 0 atom stereocenters. The van der Waals surface area contributed by atoms with Gasteiger partial charge in [0.05, 0.1) is 5.69 Å². The molecular formula is C14H20N6O. The van der Waals surface area contributed by atoms with Crippen LogP contribution in [0.4, 0.5) is 5.95 Å². The van der Waals surface area contributed by atoms with Crippen LogP contribution in [-0.4, -0.2) is 31.8 Å². The van der Waals surface area contributed by atoms with E-state index < -0.39 is 0 Å². The van der Waals surface area contributed by atoms with Gasteiger partial charge in [0.15, 0.2) is 0 Å². The Morgan fingerprint density at radius 2 is 2.29 bits per heavy atom. The third kappa shape index (κ3) is 3.57. The van der Waals surface area contributed by atoms with Crippen molar-refractivity contribution in [2.75, 3.05) is 11.9 Å². The number of nitrogens with one attached hydrogen (secondary N) is 1. The SMILES string of the molecule is CCn1nc(C)cc1C(=O)Nc1nccn1C/C=C/CN. The summed E-state index contributed by atoms with van der Waals surface area (Å²) in [6, 6.07) is 1.76. The predicted octanol–water partition coefficient (Wildman–Crippen LogP) is 1.18. The lowest BCUT2D eigenvalue weighted by atomic mass is 10.3. The number of rotatable bonds is 6. The summed E-state index contributed by atoms with van der Waals surface area (Å²) in [7, 11) is 0. The molecular weight excluding hydrogens is 268 g/mol. The van der Waals surface area contributed by atoms with Gasteiger partial charge >= 0.3 is 0 Å². The fraction of sp³-hybridized carbons (Fsp3) is 0.357. The average Bonchev–Trinajstić information content (AvgIpc) is 3.05. The minimum atomic E-state index is -0.215. The van der Waals surface area contributed by atoms with Crippen molar-refractivity contribution in [2.45, 2.75) is 26.9 Å². The number of hydrogen-bond donors (Lipinski definition) is 2. The molecule has 0 saturated heterocycles. The van der Waals surface area contributed by atoms with Crippen LogP contribution in [0.1, 0.15) is 23.1 Å². The number of aryl methyl sites for hydroxylation is 2. The molecule has 0 fully saturated rings. The van der Waals surface area contributed by atoms with Gasteiger partial charge in [0.2, 0.25) is 5.95 Å². The van der Waals surface area contributed by atoms with Gasteiger partial charge in [0.1, 0.15) is 5.69 Å². The Labute approximate surface area is 123 Å². The van der Waals surface area contributed by atoms with Crippen molar-refractivity contribution >= 4 is 11.9 Å². The van der Waals surface area contributed by atoms with Crippen LogP contribution >= 0.6 is 0 Å². The van der Waals surface area contributed by atoms with E-state index in [1.54, 1.807) is 23.1 Å². The second kappa shape index (κ2) is 6.85. The molecule has 0 aliphatic rings. The van der Waals surface area contributed by atoms with Crippen LogP contribution in [0.15, 0.2) is 30.6 Å². The summed E-state index contributed by atoms with van der Waals surface area (Å²) in [6.07, 6.45) is 7.24. The third-order valence-electron chi connectivity index (χ3n) is 2.98. The standard InChI is InChI=1S/C14H20N6O/c1-3-20-12(10-11(2)18-20)13(21)17-14-16-7-9-19(14)8-5-4-6-15/h4-5,7,9-10H,3,6,8,15H2,1-2H3,(H,16,17,21)/b5-4+. The van der Waals surface area contributed by atoms with Gasteiger partial charge < -0.3 is 10.3 Å². The zero-order valence-electron chi connectivity index (χ0n) is 12.3. The van der Waals surface area contributed by atoms with Crippen LogP contribution in [-0.2, 0) is 13.1 Å². The molecule has 0 saturated carbocycles. The summed E-state index contributed by atoms with van der Waals surface area (Å²) in [5.74, 6) is 0.288. The molecule has 1 amide bonds. The number of anilines is 1. The van der Waals surface area contributed by atoms with Gasteiger partial charge in [-0.25, -0.2) is 4.98 Å². The second-order valence-electron chi connectivity index (χ2n) is 4.55. The van der Waals surface area contributed by atoms with Crippen molar-refractivity contribution in [1.82, 2.24) is 19.3 Å². The van der Waals surface area contributed by atoms with Crippen molar-refractivity contribution in [3.63, 3.8) is 0 Å². The Kier molecular flexibility index (Phi) is 4.89. The molecule has 2 aromatic heterocycles. The Balaban J connectivity index is 2.12. The second-order valence-corrected chi connectivity index (χ2v) is 4.55. The normalized spacial score (nSPS) is 11.2. The zero-order chi connectivity index (χ0) is 15.2. The first-order chi connectivity index (χ1) is 10.2. The van der Waals surface area contributed by atoms with E-state index in [0.29, 0.717) is 31.3 Å². The number of imidazole rings is 1. The number of carbonyl (C=O) groups is 1. The van der Waals surface area contributed by atoms with Gasteiger partial charge in [-0.1, -0.05) is 12.2 Å². The van der Waals surface area contributed by atoms with E-state index >= 15 is 0 Å². The Hall–Kier alpha value is -2.41. The topological polar surface area (TPSA) is 90.8 Å². The van der Waals surface area contributed by atoms with Crippen molar-refractivity contribution in [2.24, 2.45) is 5.73 Å². The van der Waals surface area contributed by atoms with Crippen molar-refractivity contribution in [3.05, 3.63) is 42.0 Å². The lowest BCUT2D eigenvalue weighted by Crippen LogP contribution is -2.19. The van der Waals surface area contributed by atoms with E-state index in [1.807, 2.05) is 30.6 Å². The summed E-state index contributed by atoms with van der Waals surface area (Å²) in [6.45, 7) is 5.55. The quantitative estimate of drug-likeness (QED) is 0.781. The smallest absolute Gasteiger partial charge is 0.276 e. The molecule has 2 rings (SSSR count). The molecule has 21 heavy (non-hydrogen) atoms. The summed E-state index contributed by atoms with van der Waals surface area (Å²) in [5, 5.41) is 7.07. The summed E-state index contributed by atoms with van der Waals surface area (Å²) in [4.78, 5) is 16.5. The molecule has 7 nitrogen and oxygen atoms in total. The molecule has 0 unspecified atom stereocenters. The van der Waals surface area contributed by atoms with E-state index in [0.717, 1.165) is 5.69 Å². The minimum absolute atomic E-state index is 0.215. The van der Waals surface area contributed by atoms with Gasteiger partial charge in [0.25, 0.3) is 5.91 Å². The molecule has 0 aromatic carbocycles. The summed E-state index contributed by atoms with van der Waals surface area (Å²) < 4.78 is 3.51. The predicted molar refractivity (Wildman–Crippen MR) is 81.0 cm³/mol. The molecule has 0 aliphatic heterocycles. The first kappa shape index (κ1) is 15.0. The average molecular weight is 288 g/mol. The van der Waals surface area contributed by atoms with Crippen LogP contribution in [0.2, 0.25) is 0 Å². The molecule has 0 radical (unpaired) electrons. The van der Waals surface area contributed by atoms with Gasteiger partial charge in [-0.05, 0) is 19.9 Å². The molecule has 2 aromatic rings. The largest absolute Gasteiger partial charge is 0.327 e. The molecule has 2 heterocycles. The molecule has 0 aliphatic carbocycles. The molecule has 0 spiro atoms. The van der Waals surface area contributed by atoms with Crippen molar-refractivity contribution in [3.8, 4) is 0 Å². The van der Waals surface area contributed by atoms with Crippen LogP contribution in [0.5, 0.6) is 0 Å². The lowest BCUT2D eigenvalue weighted by molar-refractivity contribution is 0.101. The van der Waals surface area contributed by atoms with E-state index in [1.165, 1.54) is 0 Å². The number of amides is 1. The Morgan fingerprint density at radius 3 is 3.00 bits per heavy atom. The summed E-state index contributed by atoms with van der Waals surface area (Å²) >= 11 is 0. The highest BCUT2D eigenvalue weighted by Gasteiger charge is 2.15. The van der Waals surface area contributed by atoms with Crippen LogP contribution in [0, 0.1) is 6.92 Å². The maximum absolute atomic E-state index is 12.3. The zero-order valence-corrected chi connectivity index (χ0v) is 12.3. The lowest BCUT2D eigenvalue weighted by Gasteiger charge is -2.08. The van der Waals surface area contributed by atoms with E-state index in [9.17, 15) is 4.79 Å². The maximum atomic E-state index is 12.3. The van der Waals surface area contributed by atoms with Gasteiger partial charge in [-0.15, -0.1) is 0 Å². The van der Waals surface area contributed by atoms with Crippen molar-refractivity contribution < 1.29 is 4.79 Å². The van der Waals surface area contributed by atoms with Gasteiger partial charge in [0, 0.05) is 32.0 Å². The minimum Gasteiger partial charge on any atom is -0.327 e. The molecule has 7 heteroatoms. The fourth-order valence-electron chi connectivity index (χ4n) is 2.00. The molecule has 0 bridgehead atoms. The number of carbonyl (C=O) groups excluding carboxylic acids is 1. The van der Waals surface area contributed by atoms with Crippen LogP contribution in [0.25, 0.3) is 0 Å². The first-order valence-corrected chi connectivity index (χ1v) is 6.87. The number of nitrogens with two attached hydrogens (primary N) is 1. The van der Waals surface area contributed by atoms with Crippen LogP contribution < -0.4 is 11.1 Å². The van der Waals surface area contributed by atoms with Crippen LogP contribution in [0.3, 0.4) is 0 Å². The molecule has 3 N–H and O–H groups in total. The van der Waals surface area contributed by atoms with E-state index in [4.69, 9.17) is 5.73 Å². The highest BCUT2D eigenvalue weighted by Crippen LogP contribution is 2.09. The number of allylic oxidation sites excluding steroid dienone is 1. The van der Waals surface area contributed by atoms with E-state index in [-0.39, 0.29) is 5.91 Å². The Morgan fingerprint density at radius 1 is 1.48 bits per heavy atom. The highest BCUT2D eigenvalue weighted by atomic mass is 16.2. The fourth-order valence-corrected chi connectivity index (χ4v) is 2.00. The van der Waals surface area contributed by atoms with Crippen molar-refractivity contribution in [1.29, 1.82) is 0 Å². The highest BCUT2D eigenvalue weighted by molar-refractivity contribution is 6.02. The van der Waals surface area contributed by atoms with Gasteiger partial charge in [-0.2, -0.15) is 5.10 Å². The van der Waals surface area contributed by atoms with E-state index in [2.05, 4.69) is 15.4 Å². The Bertz CT molecular complexity index is 640. The number of nitrogens with zero attached hydrogens (tertiary/aromatic N) is 4. The monoisotopic (exact) mass is 288 g/mol. The maximum Gasteiger partial charge on any atom is 0.276 e. The molecule has 112 valence electrons. The van der Waals surface area contributed by atoms with Gasteiger partial charge in [-0.3, -0.25) is 14.8 Å². The summed E-state index contributed by atoms with van der Waals surface area (Å²) in [5.41, 5.74) is 6.75.